The molecule has 1 saturated carbocycles. The molecule has 0 bridgehead atoms. The van der Waals surface area contributed by atoms with E-state index in [1.54, 1.807) is 0 Å². The monoisotopic (exact) mass is 254 g/mol. The molecular formula is C13H22N2O3. The van der Waals surface area contributed by atoms with Gasteiger partial charge in [-0.15, -0.1) is 0 Å². The average molecular weight is 254 g/mol. The van der Waals surface area contributed by atoms with E-state index in [-0.39, 0.29) is 12.3 Å². The molecule has 5 nitrogen and oxygen atoms in total. The van der Waals surface area contributed by atoms with Crippen molar-refractivity contribution < 1.29 is 14.7 Å². The molecule has 0 aromatic rings. The van der Waals surface area contributed by atoms with Crippen molar-refractivity contribution in [2.75, 3.05) is 13.1 Å². The summed E-state index contributed by atoms with van der Waals surface area (Å²) in [6.45, 7) is 1.80. The van der Waals surface area contributed by atoms with Gasteiger partial charge in [0.1, 0.15) is 0 Å². The molecule has 18 heavy (non-hydrogen) atoms. The van der Waals surface area contributed by atoms with Crippen LogP contribution in [0, 0.1) is 5.92 Å². The molecule has 1 saturated heterocycles. The van der Waals surface area contributed by atoms with Gasteiger partial charge in [0.2, 0.25) is 5.91 Å². The van der Waals surface area contributed by atoms with Gasteiger partial charge in [-0.2, -0.15) is 0 Å². The lowest BCUT2D eigenvalue weighted by atomic mass is 9.79. The zero-order valence-electron chi connectivity index (χ0n) is 10.7. The number of hydrogen-bond donors (Lipinski definition) is 3. The highest BCUT2D eigenvalue weighted by Crippen LogP contribution is 2.31. The first-order valence-corrected chi connectivity index (χ1v) is 6.83. The number of amides is 1. The Hall–Kier alpha value is -1.10. The van der Waals surface area contributed by atoms with Crippen LogP contribution in [0.15, 0.2) is 0 Å². The van der Waals surface area contributed by atoms with Crippen molar-refractivity contribution in [3.63, 3.8) is 0 Å². The molecule has 0 spiro atoms. The fourth-order valence-corrected chi connectivity index (χ4v) is 2.97. The van der Waals surface area contributed by atoms with Crippen LogP contribution >= 0.6 is 0 Å². The van der Waals surface area contributed by atoms with Crippen molar-refractivity contribution in [2.45, 2.75) is 50.5 Å². The highest BCUT2D eigenvalue weighted by atomic mass is 16.4. The summed E-state index contributed by atoms with van der Waals surface area (Å²) in [6.07, 6.45) is 5.35. The molecule has 1 aliphatic heterocycles. The van der Waals surface area contributed by atoms with E-state index >= 15 is 0 Å². The number of carboxylic acids is 1. The van der Waals surface area contributed by atoms with Gasteiger partial charge in [0.05, 0.1) is 12.0 Å². The largest absolute Gasteiger partial charge is 0.481 e. The third kappa shape index (κ3) is 3.45. The first kappa shape index (κ1) is 13.3. The van der Waals surface area contributed by atoms with Gasteiger partial charge in [-0.05, 0) is 31.8 Å². The summed E-state index contributed by atoms with van der Waals surface area (Å²) in [7, 11) is 0. The number of rotatable bonds is 5. The van der Waals surface area contributed by atoms with Gasteiger partial charge in [-0.1, -0.05) is 19.3 Å². The van der Waals surface area contributed by atoms with Crippen molar-refractivity contribution in [1.82, 2.24) is 10.6 Å². The predicted octanol–water partition coefficient (Wildman–Crippen LogP) is 0.890. The second kappa shape index (κ2) is 5.69. The summed E-state index contributed by atoms with van der Waals surface area (Å²) in [4.78, 5) is 23.0. The van der Waals surface area contributed by atoms with Gasteiger partial charge >= 0.3 is 5.97 Å². The predicted molar refractivity (Wildman–Crippen MR) is 67.2 cm³/mol. The lowest BCUT2D eigenvalue weighted by molar-refractivity contribution is -0.139. The third-order valence-corrected chi connectivity index (χ3v) is 4.04. The molecule has 3 N–H and O–H groups in total. The van der Waals surface area contributed by atoms with Crippen molar-refractivity contribution in [2.24, 2.45) is 5.92 Å². The minimum Gasteiger partial charge on any atom is -0.481 e. The second-order valence-electron chi connectivity index (χ2n) is 5.69. The SMILES string of the molecule is O=C(O)CC1(NC(=O)CC2CNC2)CCCCC1. The van der Waals surface area contributed by atoms with E-state index in [4.69, 9.17) is 5.11 Å². The lowest BCUT2D eigenvalue weighted by Crippen LogP contribution is -2.53. The van der Waals surface area contributed by atoms with Crippen LogP contribution in [0.1, 0.15) is 44.9 Å². The molecule has 0 unspecified atom stereocenters. The molecule has 2 rings (SSSR count). The van der Waals surface area contributed by atoms with E-state index in [9.17, 15) is 9.59 Å². The summed E-state index contributed by atoms with van der Waals surface area (Å²) in [5.74, 6) is -0.373. The summed E-state index contributed by atoms with van der Waals surface area (Å²) < 4.78 is 0. The molecule has 1 heterocycles. The molecule has 102 valence electrons. The first-order chi connectivity index (χ1) is 8.60. The van der Waals surface area contributed by atoms with E-state index in [0.717, 1.165) is 45.2 Å². The Morgan fingerprint density at radius 3 is 2.39 bits per heavy atom. The summed E-state index contributed by atoms with van der Waals surface area (Å²) in [5, 5.41) is 15.2. The van der Waals surface area contributed by atoms with Gasteiger partial charge in [-0.3, -0.25) is 9.59 Å². The van der Waals surface area contributed by atoms with E-state index in [1.165, 1.54) is 0 Å². The summed E-state index contributed by atoms with van der Waals surface area (Å²) in [5.41, 5.74) is -0.488. The van der Waals surface area contributed by atoms with Crippen molar-refractivity contribution in [3.8, 4) is 0 Å². The molecular weight excluding hydrogens is 232 g/mol. The number of hydrogen-bond acceptors (Lipinski definition) is 3. The average Bonchev–Trinajstić information content (AvgIpc) is 2.23. The maximum atomic E-state index is 12.0. The molecule has 1 aliphatic carbocycles. The maximum absolute atomic E-state index is 12.0. The quantitative estimate of drug-likeness (QED) is 0.681. The lowest BCUT2D eigenvalue weighted by Gasteiger charge is -2.38. The Balaban J connectivity index is 1.90. The Labute approximate surface area is 107 Å². The van der Waals surface area contributed by atoms with E-state index in [1.807, 2.05) is 0 Å². The van der Waals surface area contributed by atoms with E-state index in [2.05, 4.69) is 10.6 Å². The normalized spacial score (nSPS) is 23.1. The Morgan fingerprint density at radius 1 is 1.22 bits per heavy atom. The maximum Gasteiger partial charge on any atom is 0.305 e. The van der Waals surface area contributed by atoms with Crippen molar-refractivity contribution in [3.05, 3.63) is 0 Å². The smallest absolute Gasteiger partial charge is 0.305 e. The minimum absolute atomic E-state index is 0.0182. The van der Waals surface area contributed by atoms with Crippen LogP contribution in [0.4, 0.5) is 0 Å². The number of carbonyl (C=O) groups excluding carboxylic acids is 1. The molecule has 0 radical (unpaired) electrons. The zero-order valence-corrected chi connectivity index (χ0v) is 10.7. The van der Waals surface area contributed by atoms with Crippen molar-refractivity contribution >= 4 is 11.9 Å². The number of carbonyl (C=O) groups is 2. The molecule has 5 heteroatoms. The fraction of sp³-hybridized carbons (Fsp3) is 0.846. The second-order valence-corrected chi connectivity index (χ2v) is 5.69. The minimum atomic E-state index is -0.817. The van der Waals surface area contributed by atoms with Crippen LogP contribution in [0.5, 0.6) is 0 Å². The molecule has 0 atom stereocenters. The third-order valence-electron chi connectivity index (χ3n) is 4.04. The highest BCUT2D eigenvalue weighted by Gasteiger charge is 2.36. The Morgan fingerprint density at radius 2 is 1.89 bits per heavy atom. The van der Waals surface area contributed by atoms with Crippen LogP contribution in [-0.2, 0) is 9.59 Å². The van der Waals surface area contributed by atoms with Gasteiger partial charge in [0.25, 0.3) is 0 Å². The summed E-state index contributed by atoms with van der Waals surface area (Å²) in [6, 6.07) is 0. The molecule has 0 aromatic carbocycles. The van der Waals surface area contributed by atoms with E-state index < -0.39 is 11.5 Å². The number of aliphatic carboxylic acids is 1. The first-order valence-electron chi connectivity index (χ1n) is 6.83. The highest BCUT2D eigenvalue weighted by molar-refractivity contribution is 5.78. The fourth-order valence-electron chi connectivity index (χ4n) is 2.97. The summed E-state index contributed by atoms with van der Waals surface area (Å²) >= 11 is 0. The van der Waals surface area contributed by atoms with E-state index in [0.29, 0.717) is 12.3 Å². The molecule has 2 aliphatic rings. The standard InChI is InChI=1S/C13H22N2O3/c16-11(6-10-8-14-9-10)15-13(7-12(17)18)4-2-1-3-5-13/h10,14H,1-9H2,(H,15,16)(H,17,18). The van der Waals surface area contributed by atoms with Crippen LogP contribution in [0.3, 0.4) is 0 Å². The number of nitrogens with one attached hydrogen (secondary N) is 2. The zero-order chi connectivity index (χ0) is 13.0. The van der Waals surface area contributed by atoms with Gasteiger partial charge in [0, 0.05) is 6.42 Å². The van der Waals surface area contributed by atoms with Crippen LogP contribution in [-0.4, -0.2) is 35.6 Å². The topological polar surface area (TPSA) is 78.4 Å². The van der Waals surface area contributed by atoms with Crippen molar-refractivity contribution in [1.29, 1.82) is 0 Å². The van der Waals surface area contributed by atoms with Gasteiger partial charge < -0.3 is 15.7 Å². The Bertz CT molecular complexity index is 320. The molecule has 1 amide bonds. The number of carboxylic acid groups (broad SMARTS) is 1. The molecule has 0 aromatic heterocycles. The van der Waals surface area contributed by atoms with Crippen LogP contribution in [0.2, 0.25) is 0 Å². The van der Waals surface area contributed by atoms with Gasteiger partial charge in [0.15, 0.2) is 0 Å². The Kier molecular flexibility index (Phi) is 4.22. The molecule has 2 fully saturated rings. The van der Waals surface area contributed by atoms with Gasteiger partial charge in [-0.25, -0.2) is 0 Å². The van der Waals surface area contributed by atoms with Crippen LogP contribution < -0.4 is 10.6 Å². The van der Waals surface area contributed by atoms with Crippen LogP contribution in [0.25, 0.3) is 0 Å².